The molecule has 0 unspecified atom stereocenters. The summed E-state index contributed by atoms with van der Waals surface area (Å²) in [6.45, 7) is 35.3. The van der Waals surface area contributed by atoms with Gasteiger partial charge in [-0.2, -0.15) is 0 Å². The summed E-state index contributed by atoms with van der Waals surface area (Å²) >= 11 is 0. The third kappa shape index (κ3) is 6.45. The SMILES string of the molecule is Cc1ccc2c(c1)B1c3cc(C(C)(C)C)ccc3N(c3ccc(C(C)(C)C)cc3-c3ccc4c(c3)C(C)(C)CC4(C)C)c3cc(C)cc(c31)N2c1ccc(C(C)(C)C)cc1. The predicted molar refractivity (Wildman–Crippen MR) is 262 cm³/mol. The minimum Gasteiger partial charge on any atom is -0.311 e. The Morgan fingerprint density at radius 1 is 0.450 bits per heavy atom. The largest absolute Gasteiger partial charge is 0.311 e. The van der Waals surface area contributed by atoms with E-state index in [0.29, 0.717) is 0 Å². The first kappa shape index (κ1) is 40.4. The molecule has 0 atom stereocenters. The number of rotatable bonds is 3. The second kappa shape index (κ2) is 13.2. The molecule has 0 amide bonds. The molecule has 0 bridgehead atoms. The smallest absolute Gasteiger partial charge is 0.252 e. The molecule has 3 aliphatic rings. The van der Waals surface area contributed by atoms with Crippen molar-refractivity contribution in [1.82, 2.24) is 0 Å². The molecule has 1 aliphatic carbocycles. The van der Waals surface area contributed by atoms with Crippen LogP contribution in [0.15, 0.2) is 109 Å². The van der Waals surface area contributed by atoms with Crippen LogP contribution in [0.4, 0.5) is 34.1 Å². The standard InChI is InChI=1S/C57H65BN2/c1-35-16-25-48-45(28-35)58-46-33-40(55(9,10)11)21-27-49(46)60(51-30-36(2)29-50(52(51)58)59(48)41-22-18-38(19-23-41)53(3,4)5)47-26-20-39(54(6,7)8)32-42(47)37-17-24-43-44(31-37)57(14,15)34-56(43,12)13/h16-33H,34H2,1-15H3. The zero-order chi connectivity index (χ0) is 43.1. The van der Waals surface area contributed by atoms with E-state index >= 15 is 0 Å². The van der Waals surface area contributed by atoms with Gasteiger partial charge in [-0.05, 0) is 151 Å². The Hall–Kier alpha value is -5.02. The fourth-order valence-corrected chi connectivity index (χ4v) is 11.0. The van der Waals surface area contributed by atoms with Gasteiger partial charge in [-0.15, -0.1) is 0 Å². The lowest BCUT2D eigenvalue weighted by molar-refractivity contribution is 0.403. The highest BCUT2D eigenvalue weighted by Gasteiger charge is 2.45. The lowest BCUT2D eigenvalue weighted by Gasteiger charge is -2.45. The van der Waals surface area contributed by atoms with Gasteiger partial charge in [-0.1, -0.05) is 156 Å². The molecule has 2 heterocycles. The predicted octanol–water partition coefficient (Wildman–Crippen LogP) is 13.9. The van der Waals surface area contributed by atoms with Crippen molar-refractivity contribution in [3.63, 3.8) is 0 Å². The Morgan fingerprint density at radius 2 is 0.967 bits per heavy atom. The van der Waals surface area contributed by atoms with Crippen LogP contribution in [-0.4, -0.2) is 6.71 Å². The molecule has 0 radical (unpaired) electrons. The summed E-state index contributed by atoms with van der Waals surface area (Å²) in [4.78, 5) is 5.18. The van der Waals surface area contributed by atoms with Gasteiger partial charge in [-0.3, -0.25) is 0 Å². The van der Waals surface area contributed by atoms with E-state index in [1.165, 1.54) is 101 Å². The number of benzene rings is 6. The second-order valence-electron chi connectivity index (χ2n) is 22.9. The first-order chi connectivity index (χ1) is 27.9. The molecule has 0 N–H and O–H groups in total. The molecule has 306 valence electrons. The highest BCUT2D eigenvalue weighted by atomic mass is 15.2. The number of fused-ring (bicyclic) bond motifs is 5. The average Bonchev–Trinajstić information content (AvgIpc) is 3.35. The number of anilines is 6. The third-order valence-corrected chi connectivity index (χ3v) is 14.0. The minimum atomic E-state index is -0.00904. The Balaban J connectivity index is 1.36. The highest BCUT2D eigenvalue weighted by Crippen LogP contribution is 2.52. The van der Waals surface area contributed by atoms with Crippen LogP contribution in [0.2, 0.25) is 0 Å². The maximum Gasteiger partial charge on any atom is 0.252 e. The van der Waals surface area contributed by atoms with Gasteiger partial charge >= 0.3 is 0 Å². The van der Waals surface area contributed by atoms with Gasteiger partial charge in [0.1, 0.15) is 0 Å². The van der Waals surface area contributed by atoms with Crippen LogP contribution in [0.1, 0.15) is 135 Å². The van der Waals surface area contributed by atoms with E-state index in [2.05, 4.69) is 223 Å². The van der Waals surface area contributed by atoms with Crippen LogP contribution in [0.3, 0.4) is 0 Å². The lowest BCUT2D eigenvalue weighted by atomic mass is 9.33. The molecule has 3 heteroatoms. The minimum absolute atomic E-state index is 0.00824. The van der Waals surface area contributed by atoms with E-state index in [-0.39, 0.29) is 33.8 Å². The molecule has 0 saturated carbocycles. The lowest BCUT2D eigenvalue weighted by Crippen LogP contribution is -2.61. The maximum atomic E-state index is 2.63. The molecule has 60 heavy (non-hydrogen) atoms. The van der Waals surface area contributed by atoms with Gasteiger partial charge in [0.25, 0.3) is 6.71 Å². The number of aryl methyl sites for hydroxylation is 2. The molecule has 0 spiro atoms. The normalized spacial score (nSPS) is 16.4. The van der Waals surface area contributed by atoms with Crippen molar-refractivity contribution < 1.29 is 0 Å². The van der Waals surface area contributed by atoms with Gasteiger partial charge < -0.3 is 9.80 Å². The maximum absolute atomic E-state index is 2.63. The van der Waals surface area contributed by atoms with Crippen LogP contribution >= 0.6 is 0 Å². The van der Waals surface area contributed by atoms with Gasteiger partial charge in [0.2, 0.25) is 0 Å². The molecule has 2 nitrogen and oxygen atoms in total. The summed E-state index contributed by atoms with van der Waals surface area (Å²) in [7, 11) is 0. The van der Waals surface area contributed by atoms with Crippen molar-refractivity contribution in [2.24, 2.45) is 0 Å². The molecular weight excluding hydrogens is 723 g/mol. The van der Waals surface area contributed by atoms with Crippen LogP contribution in [0.5, 0.6) is 0 Å². The first-order valence-corrected chi connectivity index (χ1v) is 22.3. The van der Waals surface area contributed by atoms with Crippen molar-refractivity contribution in [2.75, 3.05) is 9.80 Å². The summed E-state index contributed by atoms with van der Waals surface area (Å²) in [5, 5.41) is 0. The monoisotopic (exact) mass is 789 g/mol. The number of hydrogen-bond donors (Lipinski definition) is 0. The summed E-state index contributed by atoms with van der Waals surface area (Å²) in [5.74, 6) is 0. The zero-order valence-corrected chi connectivity index (χ0v) is 39.1. The van der Waals surface area contributed by atoms with E-state index in [1.54, 1.807) is 0 Å². The van der Waals surface area contributed by atoms with Crippen molar-refractivity contribution >= 4 is 57.2 Å². The van der Waals surface area contributed by atoms with Gasteiger partial charge in [0.15, 0.2) is 0 Å². The summed E-state index contributed by atoms with van der Waals surface area (Å²) in [6, 6.07) is 43.5. The highest BCUT2D eigenvalue weighted by molar-refractivity contribution is 7.00. The summed E-state index contributed by atoms with van der Waals surface area (Å²) in [5.41, 5.74) is 24.0. The van der Waals surface area contributed by atoms with Crippen molar-refractivity contribution in [1.29, 1.82) is 0 Å². The fraction of sp³-hybridized carbons (Fsp3) is 0.368. The molecule has 2 aliphatic heterocycles. The van der Waals surface area contributed by atoms with Crippen molar-refractivity contribution in [3.8, 4) is 11.1 Å². The molecule has 6 aromatic carbocycles. The summed E-state index contributed by atoms with van der Waals surface area (Å²) < 4.78 is 0. The average molecular weight is 789 g/mol. The van der Waals surface area contributed by atoms with E-state index in [9.17, 15) is 0 Å². The van der Waals surface area contributed by atoms with Crippen LogP contribution in [0, 0.1) is 13.8 Å². The Kier molecular flexibility index (Phi) is 8.91. The van der Waals surface area contributed by atoms with Crippen LogP contribution in [-0.2, 0) is 27.1 Å². The van der Waals surface area contributed by atoms with Gasteiger partial charge in [0, 0.05) is 34.0 Å². The Labute approximate surface area is 362 Å². The molecule has 0 aromatic heterocycles. The number of nitrogens with zero attached hydrogens (tertiary/aromatic N) is 2. The zero-order valence-electron chi connectivity index (χ0n) is 39.1. The first-order valence-electron chi connectivity index (χ1n) is 22.3. The van der Waals surface area contributed by atoms with E-state index in [4.69, 9.17) is 0 Å². The topological polar surface area (TPSA) is 6.48 Å². The van der Waals surface area contributed by atoms with Crippen molar-refractivity contribution in [3.05, 3.63) is 148 Å². The number of hydrogen-bond acceptors (Lipinski definition) is 2. The Bertz CT molecular complexity index is 2710. The van der Waals surface area contributed by atoms with Gasteiger partial charge in [-0.25, -0.2) is 0 Å². The molecular formula is C57H65BN2. The second-order valence-corrected chi connectivity index (χ2v) is 22.9. The van der Waals surface area contributed by atoms with Gasteiger partial charge in [0.05, 0.1) is 5.69 Å². The summed E-state index contributed by atoms with van der Waals surface area (Å²) in [6.07, 6.45) is 1.15. The molecule has 0 saturated heterocycles. The third-order valence-electron chi connectivity index (χ3n) is 14.0. The van der Waals surface area contributed by atoms with Crippen molar-refractivity contribution in [2.45, 2.75) is 137 Å². The quantitative estimate of drug-likeness (QED) is 0.165. The molecule has 6 aromatic rings. The molecule has 0 fully saturated rings. The Morgan fingerprint density at radius 3 is 1.60 bits per heavy atom. The molecule has 9 rings (SSSR count). The van der Waals surface area contributed by atoms with Crippen LogP contribution < -0.4 is 26.2 Å². The fourth-order valence-electron chi connectivity index (χ4n) is 11.0. The van der Waals surface area contributed by atoms with Crippen LogP contribution in [0.25, 0.3) is 11.1 Å². The van der Waals surface area contributed by atoms with E-state index in [0.717, 1.165) is 6.42 Å². The van der Waals surface area contributed by atoms with E-state index in [1.807, 2.05) is 0 Å². The van der Waals surface area contributed by atoms with E-state index < -0.39 is 0 Å².